The molecule has 2 N–H and O–H groups in total. The number of amides is 2. The normalized spacial score (nSPS) is 11.1. The van der Waals surface area contributed by atoms with Gasteiger partial charge in [-0.15, -0.1) is 10.2 Å². The van der Waals surface area contributed by atoms with Gasteiger partial charge in [-0.2, -0.15) is 13.2 Å². The van der Waals surface area contributed by atoms with Crippen LogP contribution in [-0.4, -0.2) is 29.4 Å². The molecule has 162 valence electrons. The molecule has 1 aromatic heterocycles. The number of ether oxygens (including phenoxy) is 1. The molecule has 0 aliphatic heterocycles. The van der Waals surface area contributed by atoms with Crippen LogP contribution in [0.1, 0.15) is 11.1 Å². The number of hydrogen-bond acceptors (Lipinski definition) is 4. The smallest absolute Gasteiger partial charge is 0.416 e. The first-order valence-corrected chi connectivity index (χ1v) is 9.55. The summed E-state index contributed by atoms with van der Waals surface area (Å²) in [6.45, 7) is 2.17. The zero-order valence-electron chi connectivity index (χ0n) is 16.3. The van der Waals surface area contributed by atoms with Crippen LogP contribution in [0.4, 0.5) is 23.7 Å². The summed E-state index contributed by atoms with van der Waals surface area (Å²) >= 11 is 5.85. The molecule has 0 saturated heterocycles. The summed E-state index contributed by atoms with van der Waals surface area (Å²) in [5.41, 5.74) is 1.71. The molecule has 0 radical (unpaired) electrons. The van der Waals surface area contributed by atoms with Crippen molar-refractivity contribution in [3.63, 3.8) is 0 Å². The zero-order chi connectivity index (χ0) is 22.4. The third-order valence-corrected chi connectivity index (χ3v) is 4.50. The minimum atomic E-state index is -4.54. The van der Waals surface area contributed by atoms with Gasteiger partial charge in [0, 0.05) is 11.6 Å². The summed E-state index contributed by atoms with van der Waals surface area (Å²) < 4.78 is 43.8. The highest BCUT2D eigenvalue weighted by Gasteiger charge is 2.31. The molecule has 0 atom stereocenters. The average Bonchev–Trinajstić information content (AvgIpc) is 2.73. The Bertz CT molecular complexity index is 1040. The van der Waals surface area contributed by atoms with Gasteiger partial charge in [0.2, 0.25) is 5.88 Å². The lowest BCUT2D eigenvalue weighted by Crippen LogP contribution is -2.32. The Hall–Kier alpha value is -3.33. The first-order valence-electron chi connectivity index (χ1n) is 9.17. The van der Waals surface area contributed by atoms with E-state index in [1.807, 2.05) is 31.2 Å². The van der Waals surface area contributed by atoms with Gasteiger partial charge in [0.05, 0.1) is 28.5 Å². The SMILES string of the molecule is Cc1ccc(-c2ccc(OCCNC(=O)Nc3cc(C(F)(F)F)ccc3Cl)nn2)cc1. The first-order chi connectivity index (χ1) is 14.7. The standard InChI is InChI=1S/C21H18ClF3N4O2/c1-13-2-4-14(5-3-13)17-8-9-19(29-28-17)31-11-10-26-20(30)27-18-12-15(21(23,24)25)6-7-16(18)22/h2-9,12H,10-11H2,1H3,(H2,26,27,30). The number of carbonyl (C=O) groups is 1. The van der Waals surface area contributed by atoms with Crippen LogP contribution in [0.5, 0.6) is 5.88 Å². The third kappa shape index (κ3) is 6.32. The van der Waals surface area contributed by atoms with E-state index >= 15 is 0 Å². The van der Waals surface area contributed by atoms with Crippen molar-refractivity contribution >= 4 is 23.3 Å². The van der Waals surface area contributed by atoms with Crippen LogP contribution in [-0.2, 0) is 6.18 Å². The van der Waals surface area contributed by atoms with Gasteiger partial charge in [-0.1, -0.05) is 41.4 Å². The van der Waals surface area contributed by atoms with Crippen LogP contribution in [0.2, 0.25) is 5.02 Å². The van der Waals surface area contributed by atoms with Crippen molar-refractivity contribution in [1.82, 2.24) is 15.5 Å². The second-order valence-corrected chi connectivity index (χ2v) is 6.95. The number of hydrogen-bond donors (Lipinski definition) is 2. The second kappa shape index (κ2) is 9.65. The van der Waals surface area contributed by atoms with Crippen LogP contribution < -0.4 is 15.4 Å². The van der Waals surface area contributed by atoms with Crippen molar-refractivity contribution < 1.29 is 22.7 Å². The maximum atomic E-state index is 12.8. The molecular formula is C21H18ClF3N4O2. The second-order valence-electron chi connectivity index (χ2n) is 6.54. The number of urea groups is 1. The van der Waals surface area contributed by atoms with Gasteiger partial charge >= 0.3 is 12.2 Å². The topological polar surface area (TPSA) is 76.1 Å². The summed E-state index contributed by atoms with van der Waals surface area (Å²) in [6, 6.07) is 13.2. The third-order valence-electron chi connectivity index (χ3n) is 4.17. The Labute approximate surface area is 181 Å². The molecule has 1 heterocycles. The van der Waals surface area contributed by atoms with Crippen LogP contribution in [0.15, 0.2) is 54.6 Å². The quantitative estimate of drug-likeness (QED) is 0.498. The van der Waals surface area contributed by atoms with E-state index in [-0.39, 0.29) is 29.7 Å². The average molecular weight is 451 g/mol. The van der Waals surface area contributed by atoms with Crippen LogP contribution in [0, 0.1) is 6.92 Å². The summed E-state index contributed by atoms with van der Waals surface area (Å²) in [7, 11) is 0. The maximum absolute atomic E-state index is 12.8. The van der Waals surface area contributed by atoms with E-state index in [1.54, 1.807) is 12.1 Å². The van der Waals surface area contributed by atoms with Gasteiger partial charge in [0.25, 0.3) is 0 Å². The van der Waals surface area contributed by atoms with E-state index < -0.39 is 17.8 Å². The number of carbonyl (C=O) groups excluding carboxylic acids is 1. The Kier molecular flexibility index (Phi) is 6.96. The van der Waals surface area contributed by atoms with E-state index in [0.29, 0.717) is 5.69 Å². The van der Waals surface area contributed by atoms with Crippen molar-refractivity contribution in [2.75, 3.05) is 18.5 Å². The van der Waals surface area contributed by atoms with Crippen LogP contribution in [0.3, 0.4) is 0 Å². The van der Waals surface area contributed by atoms with Crippen molar-refractivity contribution in [3.05, 3.63) is 70.7 Å². The molecule has 0 aliphatic carbocycles. The van der Waals surface area contributed by atoms with Gasteiger partial charge in [0.15, 0.2) is 0 Å². The number of nitrogens with zero attached hydrogens (tertiary/aromatic N) is 2. The van der Waals surface area contributed by atoms with E-state index in [9.17, 15) is 18.0 Å². The largest absolute Gasteiger partial charge is 0.475 e. The van der Waals surface area contributed by atoms with Gasteiger partial charge in [-0.3, -0.25) is 0 Å². The van der Waals surface area contributed by atoms with Crippen molar-refractivity contribution in [2.24, 2.45) is 0 Å². The molecule has 2 aromatic carbocycles. The van der Waals surface area contributed by atoms with Gasteiger partial charge in [0.1, 0.15) is 6.61 Å². The molecule has 0 spiro atoms. The molecule has 0 bridgehead atoms. The predicted octanol–water partition coefficient (Wildman–Crippen LogP) is 5.32. The van der Waals surface area contributed by atoms with E-state index in [0.717, 1.165) is 29.3 Å². The summed E-state index contributed by atoms with van der Waals surface area (Å²) in [5, 5.41) is 12.8. The van der Waals surface area contributed by atoms with Crippen LogP contribution >= 0.6 is 11.6 Å². The molecule has 3 rings (SSSR count). The monoisotopic (exact) mass is 450 g/mol. The minimum Gasteiger partial charge on any atom is -0.475 e. The molecule has 0 unspecified atom stereocenters. The maximum Gasteiger partial charge on any atom is 0.416 e. The number of aromatic nitrogens is 2. The van der Waals surface area contributed by atoms with Crippen molar-refractivity contribution in [2.45, 2.75) is 13.1 Å². The molecule has 2 amide bonds. The highest BCUT2D eigenvalue weighted by Crippen LogP contribution is 2.33. The Balaban J connectivity index is 1.46. The Morgan fingerprint density at radius 1 is 1.06 bits per heavy atom. The fraction of sp³-hybridized carbons (Fsp3) is 0.190. The summed E-state index contributed by atoms with van der Waals surface area (Å²) in [4.78, 5) is 11.9. The molecular weight excluding hydrogens is 433 g/mol. The van der Waals surface area contributed by atoms with Gasteiger partial charge < -0.3 is 15.4 Å². The Morgan fingerprint density at radius 2 is 1.81 bits per heavy atom. The van der Waals surface area contributed by atoms with Gasteiger partial charge in [-0.05, 0) is 31.2 Å². The highest BCUT2D eigenvalue weighted by molar-refractivity contribution is 6.33. The number of anilines is 1. The molecule has 3 aromatic rings. The summed E-state index contributed by atoms with van der Waals surface area (Å²) in [6.07, 6.45) is -4.54. The lowest BCUT2D eigenvalue weighted by Gasteiger charge is -2.12. The zero-order valence-corrected chi connectivity index (χ0v) is 17.1. The van der Waals surface area contributed by atoms with Gasteiger partial charge in [-0.25, -0.2) is 4.79 Å². The van der Waals surface area contributed by atoms with Crippen LogP contribution in [0.25, 0.3) is 11.3 Å². The number of halogens is 4. The van der Waals surface area contributed by atoms with E-state index in [4.69, 9.17) is 16.3 Å². The fourth-order valence-corrected chi connectivity index (χ4v) is 2.72. The number of nitrogens with one attached hydrogen (secondary N) is 2. The fourth-order valence-electron chi connectivity index (χ4n) is 2.56. The number of rotatable bonds is 6. The molecule has 10 heteroatoms. The number of benzene rings is 2. The Morgan fingerprint density at radius 3 is 2.45 bits per heavy atom. The van der Waals surface area contributed by atoms with E-state index in [1.165, 1.54) is 0 Å². The minimum absolute atomic E-state index is 0.0108. The molecule has 0 fully saturated rings. The number of alkyl halides is 3. The molecule has 0 aliphatic rings. The molecule has 0 saturated carbocycles. The first kappa shape index (κ1) is 22.4. The lowest BCUT2D eigenvalue weighted by atomic mass is 10.1. The summed E-state index contributed by atoms with van der Waals surface area (Å²) in [5.74, 6) is 0.277. The van der Waals surface area contributed by atoms with Crippen molar-refractivity contribution in [3.8, 4) is 17.1 Å². The predicted molar refractivity (Wildman–Crippen MR) is 111 cm³/mol. The lowest BCUT2D eigenvalue weighted by molar-refractivity contribution is -0.137. The van der Waals surface area contributed by atoms with E-state index in [2.05, 4.69) is 20.8 Å². The molecule has 31 heavy (non-hydrogen) atoms. The number of aryl methyl sites for hydroxylation is 1. The highest BCUT2D eigenvalue weighted by atomic mass is 35.5. The van der Waals surface area contributed by atoms with Crippen molar-refractivity contribution in [1.29, 1.82) is 0 Å². The molecule has 6 nitrogen and oxygen atoms in total.